The van der Waals surface area contributed by atoms with Crippen LogP contribution in [0.4, 0.5) is 22.7 Å². The summed E-state index contributed by atoms with van der Waals surface area (Å²) in [6.07, 6.45) is 0.591. The molecule has 0 atom stereocenters. The van der Waals surface area contributed by atoms with Crippen molar-refractivity contribution in [3.63, 3.8) is 0 Å². The molecule has 0 spiro atoms. The number of nitro groups is 2. The van der Waals surface area contributed by atoms with Crippen molar-refractivity contribution >= 4 is 34.4 Å². The highest BCUT2D eigenvalue weighted by atomic mass is 35.5. The fourth-order valence-electron chi connectivity index (χ4n) is 3.18. The number of anilines is 2. The Morgan fingerprint density at radius 1 is 0.909 bits per heavy atom. The lowest BCUT2D eigenvalue weighted by Gasteiger charge is -2.10. The van der Waals surface area contributed by atoms with Crippen molar-refractivity contribution < 1.29 is 15.0 Å². The average Bonchev–Trinajstić information content (AvgIpc) is 2.68. The molecule has 2 aromatic heterocycles. The maximum atomic E-state index is 11.2. The third-order valence-electron chi connectivity index (χ3n) is 4.54. The van der Waals surface area contributed by atoms with Gasteiger partial charge in [-0.05, 0) is 63.9 Å². The molecule has 1 aromatic carbocycles. The predicted molar refractivity (Wildman–Crippen MR) is 126 cm³/mol. The summed E-state index contributed by atoms with van der Waals surface area (Å²) >= 11 is 5.65. The second-order valence-corrected chi connectivity index (χ2v) is 7.64. The molecule has 11 heteroatoms. The molecule has 0 radical (unpaired) electrons. The zero-order valence-electron chi connectivity index (χ0n) is 18.6. The lowest BCUT2D eigenvalue weighted by molar-refractivity contribution is -0.385. The van der Waals surface area contributed by atoms with Gasteiger partial charge in [0.2, 0.25) is 0 Å². The van der Waals surface area contributed by atoms with Crippen molar-refractivity contribution in [3.8, 4) is 0 Å². The van der Waals surface area contributed by atoms with Crippen molar-refractivity contribution in [3.05, 3.63) is 90.0 Å². The number of aliphatic hydroxyl groups is 1. The largest absolute Gasteiger partial charge is 0.396 e. The van der Waals surface area contributed by atoms with Crippen molar-refractivity contribution in [2.75, 3.05) is 11.9 Å². The molecule has 10 nitrogen and oxygen atoms in total. The van der Waals surface area contributed by atoms with Crippen LogP contribution < -0.4 is 5.32 Å². The van der Waals surface area contributed by atoms with Gasteiger partial charge >= 0.3 is 11.4 Å². The Morgan fingerprint density at radius 2 is 1.42 bits per heavy atom. The lowest BCUT2D eigenvalue weighted by Crippen LogP contribution is -2.02. The Balaban J connectivity index is 0.000000273. The van der Waals surface area contributed by atoms with Gasteiger partial charge in [0, 0.05) is 23.7 Å². The maximum absolute atomic E-state index is 11.2. The highest BCUT2D eigenvalue weighted by Crippen LogP contribution is 2.30. The molecule has 0 saturated heterocycles. The average molecular weight is 474 g/mol. The van der Waals surface area contributed by atoms with E-state index in [2.05, 4.69) is 15.3 Å². The predicted octanol–water partition coefficient (Wildman–Crippen LogP) is 5.15. The zero-order valence-corrected chi connectivity index (χ0v) is 19.4. The molecule has 174 valence electrons. The summed E-state index contributed by atoms with van der Waals surface area (Å²) in [5, 5.41) is 33.7. The van der Waals surface area contributed by atoms with E-state index >= 15 is 0 Å². The number of aliphatic hydroxyl groups excluding tert-OH is 1. The van der Waals surface area contributed by atoms with Crippen LogP contribution in [-0.2, 0) is 6.42 Å². The number of hydrogen-bond donors (Lipinski definition) is 2. The summed E-state index contributed by atoms with van der Waals surface area (Å²) in [5.74, 6) is 0. The van der Waals surface area contributed by atoms with E-state index in [1.165, 1.54) is 6.07 Å². The van der Waals surface area contributed by atoms with Crippen LogP contribution in [0.1, 0.15) is 28.3 Å². The standard InChI is InChI=1S/C15H17N3O3.C7H7ClN2O2/c1-10-9-14(15(18(20)21)11(2)16-10)17-13-5-3-12(4-6-13)7-8-19;1-4-3-6(8)7(10(11)12)5(2)9-4/h3-6,9,19H,7-8H2,1-2H3,(H,16,17);3H,1-2H3. The van der Waals surface area contributed by atoms with E-state index in [0.29, 0.717) is 29.2 Å². The summed E-state index contributed by atoms with van der Waals surface area (Å²) < 4.78 is 0. The summed E-state index contributed by atoms with van der Waals surface area (Å²) in [7, 11) is 0. The van der Waals surface area contributed by atoms with Crippen LogP contribution in [0.15, 0.2) is 36.4 Å². The lowest BCUT2D eigenvalue weighted by atomic mass is 10.1. The Morgan fingerprint density at radius 3 is 1.91 bits per heavy atom. The van der Waals surface area contributed by atoms with Crippen LogP contribution in [0.2, 0.25) is 5.02 Å². The van der Waals surface area contributed by atoms with E-state index in [4.69, 9.17) is 16.7 Å². The third-order valence-corrected chi connectivity index (χ3v) is 4.83. The Hall–Kier alpha value is -3.63. The van der Waals surface area contributed by atoms with Crippen molar-refractivity contribution in [2.24, 2.45) is 0 Å². The van der Waals surface area contributed by atoms with Gasteiger partial charge in [-0.2, -0.15) is 0 Å². The number of benzene rings is 1. The molecule has 0 aliphatic rings. The van der Waals surface area contributed by atoms with Gasteiger partial charge in [-0.3, -0.25) is 30.2 Å². The van der Waals surface area contributed by atoms with E-state index in [9.17, 15) is 20.2 Å². The first-order chi connectivity index (χ1) is 15.5. The van der Waals surface area contributed by atoms with Gasteiger partial charge in [-0.25, -0.2) is 0 Å². The second kappa shape index (κ2) is 11.3. The molecule has 33 heavy (non-hydrogen) atoms. The number of aromatic nitrogens is 2. The number of nitrogens with zero attached hydrogens (tertiary/aromatic N) is 4. The van der Waals surface area contributed by atoms with E-state index in [1.807, 2.05) is 24.3 Å². The number of aryl methyl sites for hydroxylation is 4. The van der Waals surface area contributed by atoms with Gasteiger partial charge in [-0.15, -0.1) is 0 Å². The van der Waals surface area contributed by atoms with E-state index < -0.39 is 9.85 Å². The Bertz CT molecular complexity index is 1150. The molecule has 0 amide bonds. The second-order valence-electron chi connectivity index (χ2n) is 7.23. The minimum Gasteiger partial charge on any atom is -0.396 e. The van der Waals surface area contributed by atoms with Gasteiger partial charge in [0.05, 0.1) is 9.85 Å². The molecule has 0 fully saturated rings. The molecule has 0 saturated carbocycles. The van der Waals surface area contributed by atoms with Crippen molar-refractivity contribution in [2.45, 2.75) is 34.1 Å². The molecular formula is C22H24ClN5O5. The molecule has 2 N–H and O–H groups in total. The van der Waals surface area contributed by atoms with E-state index in [-0.39, 0.29) is 23.0 Å². The number of hydrogen-bond acceptors (Lipinski definition) is 8. The fraction of sp³-hybridized carbons (Fsp3) is 0.273. The molecule has 3 rings (SSSR count). The van der Waals surface area contributed by atoms with Gasteiger partial charge < -0.3 is 10.4 Å². The minimum absolute atomic E-state index is 0.0139. The van der Waals surface area contributed by atoms with Gasteiger partial charge in [0.25, 0.3) is 0 Å². The van der Waals surface area contributed by atoms with Crippen molar-refractivity contribution in [1.82, 2.24) is 9.97 Å². The minimum atomic E-state index is -0.524. The maximum Gasteiger partial charge on any atom is 0.313 e. The van der Waals surface area contributed by atoms with Crippen LogP contribution in [0.5, 0.6) is 0 Å². The molecule has 0 aliphatic heterocycles. The molecule has 0 bridgehead atoms. The van der Waals surface area contributed by atoms with Crippen molar-refractivity contribution in [1.29, 1.82) is 0 Å². The van der Waals surface area contributed by atoms with Crippen LogP contribution >= 0.6 is 11.6 Å². The number of halogens is 1. The first-order valence-electron chi connectivity index (χ1n) is 9.91. The first-order valence-corrected chi connectivity index (χ1v) is 10.3. The third kappa shape index (κ3) is 6.93. The van der Waals surface area contributed by atoms with E-state index in [1.54, 1.807) is 33.8 Å². The van der Waals surface area contributed by atoms with Gasteiger partial charge in [-0.1, -0.05) is 23.7 Å². The number of rotatable bonds is 6. The Labute approximate surface area is 195 Å². The normalized spacial score (nSPS) is 10.2. The monoisotopic (exact) mass is 473 g/mol. The van der Waals surface area contributed by atoms with E-state index in [0.717, 1.165) is 16.9 Å². The first kappa shape index (κ1) is 25.6. The Kier molecular flexibility index (Phi) is 8.78. The molecular weight excluding hydrogens is 450 g/mol. The molecule has 0 aliphatic carbocycles. The van der Waals surface area contributed by atoms with Crippen LogP contribution in [0.3, 0.4) is 0 Å². The highest BCUT2D eigenvalue weighted by molar-refractivity contribution is 6.32. The van der Waals surface area contributed by atoms with Gasteiger partial charge in [0.1, 0.15) is 22.1 Å². The topological polar surface area (TPSA) is 144 Å². The molecule has 0 unspecified atom stereocenters. The SMILES string of the molecule is Cc1cc(Cl)c([N+](=O)[O-])c(C)n1.Cc1cc(Nc2ccc(CCO)cc2)c([N+](=O)[O-])c(C)n1. The summed E-state index contributed by atoms with van der Waals surface area (Å²) in [6.45, 7) is 6.83. The fourth-order valence-corrected chi connectivity index (χ4v) is 3.54. The van der Waals surface area contributed by atoms with Crippen LogP contribution in [-0.4, -0.2) is 31.5 Å². The quantitative estimate of drug-likeness (QED) is 0.369. The number of pyridine rings is 2. The smallest absolute Gasteiger partial charge is 0.313 e. The summed E-state index contributed by atoms with van der Waals surface area (Å²) in [6, 6.07) is 10.6. The molecule has 3 aromatic rings. The highest BCUT2D eigenvalue weighted by Gasteiger charge is 2.19. The van der Waals surface area contributed by atoms with Crippen LogP contribution in [0.25, 0.3) is 0 Å². The number of nitrogens with one attached hydrogen (secondary N) is 1. The van der Waals surface area contributed by atoms with Gasteiger partial charge in [0.15, 0.2) is 0 Å². The van der Waals surface area contributed by atoms with Crippen LogP contribution in [0, 0.1) is 47.9 Å². The molecule has 2 heterocycles. The summed E-state index contributed by atoms with van der Waals surface area (Å²) in [5.41, 5.74) is 4.22. The zero-order chi connectivity index (χ0) is 24.7. The summed E-state index contributed by atoms with van der Waals surface area (Å²) in [4.78, 5) is 28.7.